The van der Waals surface area contributed by atoms with E-state index in [-0.39, 0.29) is 18.9 Å². The number of aliphatic hydroxyl groups excluding tert-OH is 11. The minimum absolute atomic E-state index is 0.203. The van der Waals surface area contributed by atoms with Gasteiger partial charge in [-0.15, -0.1) is 0 Å². The van der Waals surface area contributed by atoms with Crippen LogP contribution in [0.4, 0.5) is 0 Å². The largest absolute Gasteiger partial charge is 0.394 e. The van der Waals surface area contributed by atoms with Gasteiger partial charge in [0.15, 0.2) is 18.9 Å². The van der Waals surface area contributed by atoms with E-state index in [4.69, 9.17) is 28.4 Å². The molecule has 3 rings (SSSR count). The molecule has 3 fully saturated rings. The van der Waals surface area contributed by atoms with Crippen LogP contribution < -0.4 is 5.32 Å². The molecule has 3 saturated heterocycles. The normalized spacial score (nSPS) is 35.7. The number of amides is 1. The number of nitrogens with one attached hydrogen (secondary N) is 1. The molecule has 0 spiro atoms. The summed E-state index contributed by atoms with van der Waals surface area (Å²) in [6.45, 7) is 1.33. The molecule has 1 amide bonds. The Labute approximate surface area is 363 Å². The fourth-order valence-electron chi connectivity index (χ4n) is 7.13. The fraction of sp³-hybridized carbons (Fsp3) is 0.791. The third-order valence-electron chi connectivity index (χ3n) is 10.9. The van der Waals surface area contributed by atoms with Crippen molar-refractivity contribution in [2.75, 3.05) is 26.4 Å². The molecule has 358 valence electrons. The Morgan fingerprint density at radius 3 is 1.69 bits per heavy atom. The van der Waals surface area contributed by atoms with E-state index in [9.17, 15) is 61.0 Å². The van der Waals surface area contributed by atoms with E-state index in [1.807, 2.05) is 6.92 Å². The summed E-state index contributed by atoms with van der Waals surface area (Å²) in [4.78, 5) is 13.0. The molecule has 3 aliphatic rings. The van der Waals surface area contributed by atoms with E-state index >= 15 is 0 Å². The first-order valence-corrected chi connectivity index (χ1v) is 21.9. The van der Waals surface area contributed by atoms with Crippen molar-refractivity contribution in [3.05, 3.63) is 48.6 Å². The predicted molar refractivity (Wildman–Crippen MR) is 222 cm³/mol. The number of rotatable bonds is 27. The first-order valence-electron chi connectivity index (χ1n) is 21.9. The zero-order valence-corrected chi connectivity index (χ0v) is 35.8. The Hall–Kier alpha value is -2.25. The monoisotopic (exact) mass is 891 g/mol. The summed E-state index contributed by atoms with van der Waals surface area (Å²) in [5.74, 6) is -0.320. The van der Waals surface area contributed by atoms with E-state index in [1.165, 1.54) is 0 Å². The van der Waals surface area contributed by atoms with Gasteiger partial charge < -0.3 is 89.9 Å². The van der Waals surface area contributed by atoms with Crippen LogP contribution in [-0.4, -0.2) is 193 Å². The Morgan fingerprint density at radius 1 is 0.597 bits per heavy atom. The van der Waals surface area contributed by atoms with Gasteiger partial charge in [0.2, 0.25) is 5.91 Å². The van der Waals surface area contributed by atoms with Crippen molar-refractivity contribution in [1.82, 2.24) is 5.32 Å². The second kappa shape index (κ2) is 29.3. The molecule has 19 nitrogen and oxygen atoms in total. The fourth-order valence-corrected chi connectivity index (χ4v) is 7.13. The van der Waals surface area contributed by atoms with Gasteiger partial charge in [-0.1, -0.05) is 81.7 Å². The number of allylic oxidation sites excluding steroid dienone is 7. The highest BCUT2D eigenvalue weighted by molar-refractivity contribution is 5.76. The molecule has 19 heteroatoms. The molecule has 17 unspecified atom stereocenters. The van der Waals surface area contributed by atoms with Crippen LogP contribution in [0.1, 0.15) is 84.5 Å². The number of carbonyl (C=O) groups excluding carboxylic acids is 1. The lowest BCUT2D eigenvalue weighted by Crippen LogP contribution is -2.66. The maximum atomic E-state index is 13.0. The lowest BCUT2D eigenvalue weighted by atomic mass is 9.96. The Bertz CT molecular complexity index is 1350. The summed E-state index contributed by atoms with van der Waals surface area (Å²) in [5.41, 5.74) is 0. The molecule has 0 radical (unpaired) electrons. The summed E-state index contributed by atoms with van der Waals surface area (Å²) in [7, 11) is 0. The van der Waals surface area contributed by atoms with Crippen LogP contribution in [0.15, 0.2) is 48.6 Å². The van der Waals surface area contributed by atoms with Crippen molar-refractivity contribution >= 4 is 5.91 Å². The molecule has 17 atom stereocenters. The maximum absolute atomic E-state index is 13.0. The van der Waals surface area contributed by atoms with E-state index in [0.717, 1.165) is 51.4 Å². The zero-order chi connectivity index (χ0) is 45.6. The van der Waals surface area contributed by atoms with Crippen molar-refractivity contribution in [2.24, 2.45) is 0 Å². The number of hydrogen-bond acceptors (Lipinski definition) is 18. The Balaban J connectivity index is 1.57. The second-order valence-corrected chi connectivity index (χ2v) is 15.8. The molecule has 0 aromatic carbocycles. The smallest absolute Gasteiger partial charge is 0.220 e. The Kier molecular flexibility index (Phi) is 25.6. The van der Waals surface area contributed by atoms with Crippen LogP contribution in [0.5, 0.6) is 0 Å². The van der Waals surface area contributed by atoms with Crippen molar-refractivity contribution in [1.29, 1.82) is 0 Å². The van der Waals surface area contributed by atoms with Gasteiger partial charge in [-0.05, 0) is 44.9 Å². The highest BCUT2D eigenvalue weighted by Crippen LogP contribution is 2.32. The average molecular weight is 892 g/mol. The minimum Gasteiger partial charge on any atom is -0.394 e. The molecule has 0 bridgehead atoms. The van der Waals surface area contributed by atoms with Crippen LogP contribution in [0.3, 0.4) is 0 Å². The zero-order valence-electron chi connectivity index (χ0n) is 35.8. The van der Waals surface area contributed by atoms with E-state index in [1.54, 1.807) is 12.2 Å². The highest BCUT2D eigenvalue weighted by Gasteiger charge is 2.53. The van der Waals surface area contributed by atoms with Crippen LogP contribution >= 0.6 is 0 Å². The topological polar surface area (TPSA) is 307 Å². The third kappa shape index (κ3) is 16.6. The van der Waals surface area contributed by atoms with Crippen molar-refractivity contribution in [3.8, 4) is 0 Å². The molecular weight excluding hydrogens is 818 g/mol. The van der Waals surface area contributed by atoms with Gasteiger partial charge >= 0.3 is 0 Å². The highest BCUT2D eigenvalue weighted by atomic mass is 16.8. The van der Waals surface area contributed by atoms with E-state index in [0.29, 0.717) is 12.8 Å². The molecule has 0 aliphatic carbocycles. The summed E-state index contributed by atoms with van der Waals surface area (Å²) in [6, 6.07) is -0.982. The molecule has 0 aromatic heterocycles. The van der Waals surface area contributed by atoms with Gasteiger partial charge in [-0.25, -0.2) is 0 Å². The van der Waals surface area contributed by atoms with Gasteiger partial charge in [0.1, 0.15) is 73.2 Å². The van der Waals surface area contributed by atoms with Crippen molar-refractivity contribution < 1.29 is 89.4 Å². The summed E-state index contributed by atoms with van der Waals surface area (Å²) in [5, 5.41) is 118. The lowest BCUT2D eigenvalue weighted by molar-refractivity contribution is -0.379. The molecule has 0 aromatic rings. The summed E-state index contributed by atoms with van der Waals surface area (Å²) >= 11 is 0. The first-order chi connectivity index (χ1) is 29.8. The SMILES string of the molecule is CC/C=C\C/C=C\C/C=C\CCCCCC(=O)NC(COC1OC(CO)C(OC2OC(CO)C(OC3OC(CO)C(O)C(O)C3O)C(O)C2O)C(O)C1O)C(O)/C=C/CCCC. The third-order valence-corrected chi connectivity index (χ3v) is 10.9. The molecule has 12 N–H and O–H groups in total. The second-order valence-electron chi connectivity index (χ2n) is 15.8. The molecule has 3 heterocycles. The van der Waals surface area contributed by atoms with Crippen LogP contribution in [0.25, 0.3) is 0 Å². The van der Waals surface area contributed by atoms with Gasteiger partial charge in [-0.2, -0.15) is 0 Å². The van der Waals surface area contributed by atoms with Crippen LogP contribution in [0.2, 0.25) is 0 Å². The number of unbranched alkanes of at least 4 members (excludes halogenated alkanes) is 5. The average Bonchev–Trinajstić information content (AvgIpc) is 3.27. The number of carbonyl (C=O) groups is 1. The first kappa shape index (κ1) is 54.1. The number of aliphatic hydroxyl groups is 11. The summed E-state index contributed by atoms with van der Waals surface area (Å²) < 4.78 is 33.8. The minimum atomic E-state index is -1.98. The van der Waals surface area contributed by atoms with E-state index < -0.39 is 124 Å². The van der Waals surface area contributed by atoms with Gasteiger partial charge in [0.25, 0.3) is 0 Å². The predicted octanol–water partition coefficient (Wildman–Crippen LogP) is -1.15. The van der Waals surface area contributed by atoms with Crippen LogP contribution in [-0.2, 0) is 33.2 Å². The molecular formula is C43H73NO18. The van der Waals surface area contributed by atoms with Gasteiger partial charge in [-0.3, -0.25) is 4.79 Å². The number of hydrogen-bond donors (Lipinski definition) is 12. The standard InChI is InChI=1S/C43H73NO18/c1-3-5-7-9-10-11-12-13-14-15-16-17-19-21-31(49)44-26(27(48)20-18-8-6-4-2)25-57-41-37(55)34(52)39(29(23-46)59-41)62-43-38(56)35(53)40(30(24-47)60-43)61-42-36(54)33(51)32(50)28(22-45)58-42/h5,7,10-11,13-14,18,20,26-30,32-43,45-48,50-56H,3-4,6,8-9,12,15-17,19,21-25H2,1-2H3,(H,44,49)/b7-5-,11-10-,14-13-,20-18+. The maximum Gasteiger partial charge on any atom is 0.220 e. The lowest BCUT2D eigenvalue weighted by Gasteiger charge is -2.48. The Morgan fingerprint density at radius 2 is 1.11 bits per heavy atom. The molecule has 3 aliphatic heterocycles. The van der Waals surface area contributed by atoms with Gasteiger partial charge in [0, 0.05) is 6.42 Å². The number of ether oxygens (including phenoxy) is 6. The van der Waals surface area contributed by atoms with Gasteiger partial charge in [0.05, 0.1) is 38.6 Å². The van der Waals surface area contributed by atoms with Crippen molar-refractivity contribution in [2.45, 2.75) is 189 Å². The summed E-state index contributed by atoms with van der Waals surface area (Å²) in [6.07, 6.45) is -1.94. The molecule has 0 saturated carbocycles. The molecule has 62 heavy (non-hydrogen) atoms. The quantitative estimate of drug-likeness (QED) is 0.0342. The van der Waals surface area contributed by atoms with Crippen molar-refractivity contribution in [3.63, 3.8) is 0 Å². The van der Waals surface area contributed by atoms with E-state index in [2.05, 4.69) is 48.7 Å². The van der Waals surface area contributed by atoms with Crippen LogP contribution in [0, 0.1) is 0 Å².